The Balaban J connectivity index is 1.57. The summed E-state index contributed by atoms with van der Waals surface area (Å²) >= 11 is 1.43. The van der Waals surface area contributed by atoms with Crippen LogP contribution in [0.15, 0.2) is 79.5 Å². The summed E-state index contributed by atoms with van der Waals surface area (Å²) in [5.74, 6) is -0.344. The molecule has 0 aliphatic rings. The van der Waals surface area contributed by atoms with Gasteiger partial charge in [0.25, 0.3) is 0 Å². The van der Waals surface area contributed by atoms with E-state index in [-0.39, 0.29) is 11.9 Å². The van der Waals surface area contributed by atoms with Crippen LogP contribution in [0.25, 0.3) is 33.9 Å². The summed E-state index contributed by atoms with van der Waals surface area (Å²) in [7, 11) is 0. The van der Waals surface area contributed by atoms with Gasteiger partial charge in [0.1, 0.15) is 5.82 Å². The molecular formula is C29H26F4N4S. The maximum absolute atomic E-state index is 13.6. The number of hydrogen-bond donors (Lipinski definition) is 3. The monoisotopic (exact) mass is 538 g/mol. The van der Waals surface area contributed by atoms with Crippen molar-refractivity contribution in [3.8, 4) is 21.7 Å². The van der Waals surface area contributed by atoms with Gasteiger partial charge < -0.3 is 16.8 Å². The van der Waals surface area contributed by atoms with E-state index in [9.17, 15) is 17.6 Å². The fourth-order valence-electron chi connectivity index (χ4n) is 3.97. The molecule has 1 atom stereocenters. The normalized spacial score (nSPS) is 12.6. The van der Waals surface area contributed by atoms with Crippen LogP contribution < -0.4 is 16.8 Å². The number of rotatable bonds is 9. The summed E-state index contributed by atoms with van der Waals surface area (Å²) in [5, 5.41) is 3.87. The number of thiazole rings is 1. The highest BCUT2D eigenvalue weighted by Gasteiger charge is 2.30. The molecular weight excluding hydrogens is 512 g/mol. The summed E-state index contributed by atoms with van der Waals surface area (Å²) in [5.41, 5.74) is 16.1. The Labute approximate surface area is 222 Å². The number of nitrogens with two attached hydrogens (primary N) is 2. The number of benzene rings is 3. The van der Waals surface area contributed by atoms with E-state index in [1.165, 1.54) is 41.8 Å². The van der Waals surface area contributed by atoms with Gasteiger partial charge in [-0.1, -0.05) is 48.3 Å². The number of halogens is 4. The largest absolute Gasteiger partial charge is 0.416 e. The van der Waals surface area contributed by atoms with Crippen molar-refractivity contribution >= 4 is 28.6 Å². The fraction of sp³-hybridized carbons (Fsp3) is 0.138. The molecule has 4 aromatic rings. The molecule has 0 amide bonds. The lowest BCUT2D eigenvalue weighted by Crippen LogP contribution is -2.31. The Bertz CT molecular complexity index is 1420. The van der Waals surface area contributed by atoms with Gasteiger partial charge >= 0.3 is 6.18 Å². The molecule has 0 bridgehead atoms. The van der Waals surface area contributed by atoms with Crippen LogP contribution in [0, 0.1) is 5.82 Å². The van der Waals surface area contributed by atoms with Crippen LogP contribution in [0.2, 0.25) is 0 Å². The lowest BCUT2D eigenvalue weighted by molar-refractivity contribution is -0.137. The molecule has 38 heavy (non-hydrogen) atoms. The number of nitrogens with zero attached hydrogens (tertiary/aromatic N) is 1. The van der Waals surface area contributed by atoms with Crippen LogP contribution in [0.4, 0.5) is 22.7 Å². The minimum absolute atomic E-state index is 0.344. The van der Waals surface area contributed by atoms with Gasteiger partial charge in [0.15, 0.2) is 5.13 Å². The third-order valence-electron chi connectivity index (χ3n) is 5.88. The second kappa shape index (κ2) is 11.6. The maximum atomic E-state index is 13.6. The molecule has 0 aliphatic carbocycles. The van der Waals surface area contributed by atoms with Gasteiger partial charge in [0.2, 0.25) is 0 Å². The SMILES string of the molecule is C=Cc1ccc(-c2sc(NC[C@@H](N)Cc3ccc(C(F)(F)F)cc3)nc2-c2ccc(F)cc2)cc1/C=C\N. The molecule has 1 aromatic heterocycles. The van der Waals surface area contributed by atoms with Gasteiger partial charge in [-0.25, -0.2) is 9.37 Å². The van der Waals surface area contributed by atoms with Crippen molar-refractivity contribution in [2.75, 3.05) is 11.9 Å². The zero-order valence-corrected chi connectivity index (χ0v) is 21.1. The van der Waals surface area contributed by atoms with Gasteiger partial charge in [-0.15, -0.1) is 0 Å². The average molecular weight is 539 g/mol. The first kappa shape index (κ1) is 27.1. The van der Waals surface area contributed by atoms with Crippen LogP contribution in [-0.4, -0.2) is 17.6 Å². The summed E-state index contributed by atoms with van der Waals surface area (Å²) < 4.78 is 52.0. The van der Waals surface area contributed by atoms with Crippen molar-refractivity contribution in [3.63, 3.8) is 0 Å². The van der Waals surface area contributed by atoms with Crippen LogP contribution >= 0.6 is 11.3 Å². The van der Waals surface area contributed by atoms with E-state index in [2.05, 4.69) is 11.9 Å². The number of hydrogen-bond acceptors (Lipinski definition) is 5. The highest BCUT2D eigenvalue weighted by Crippen LogP contribution is 2.40. The third kappa shape index (κ3) is 6.48. The molecule has 0 saturated heterocycles. The van der Waals surface area contributed by atoms with E-state index in [1.807, 2.05) is 18.2 Å². The molecule has 1 heterocycles. The lowest BCUT2D eigenvalue weighted by Gasteiger charge is -2.13. The first-order valence-corrected chi connectivity index (χ1v) is 12.6. The van der Waals surface area contributed by atoms with Gasteiger partial charge in [-0.2, -0.15) is 13.2 Å². The van der Waals surface area contributed by atoms with E-state index < -0.39 is 11.7 Å². The molecule has 9 heteroatoms. The lowest BCUT2D eigenvalue weighted by atomic mass is 10.0. The molecule has 5 N–H and O–H groups in total. The number of alkyl halides is 3. The molecule has 0 unspecified atom stereocenters. The minimum atomic E-state index is -4.37. The van der Waals surface area contributed by atoms with Gasteiger partial charge in [-0.3, -0.25) is 0 Å². The Morgan fingerprint density at radius 1 is 0.974 bits per heavy atom. The molecule has 196 valence electrons. The average Bonchev–Trinajstić information content (AvgIpc) is 3.32. The van der Waals surface area contributed by atoms with Gasteiger partial charge in [0, 0.05) is 18.2 Å². The smallest absolute Gasteiger partial charge is 0.405 e. The van der Waals surface area contributed by atoms with E-state index in [0.717, 1.165) is 39.3 Å². The van der Waals surface area contributed by atoms with E-state index in [1.54, 1.807) is 24.3 Å². The predicted octanol–water partition coefficient (Wildman–Crippen LogP) is 7.19. The van der Waals surface area contributed by atoms with Crippen LogP contribution in [0.1, 0.15) is 22.3 Å². The molecule has 0 spiro atoms. The summed E-state index contributed by atoms with van der Waals surface area (Å²) in [6.45, 7) is 4.20. The van der Waals surface area contributed by atoms with Crippen molar-refractivity contribution < 1.29 is 17.6 Å². The van der Waals surface area contributed by atoms with E-state index in [4.69, 9.17) is 16.5 Å². The van der Waals surface area contributed by atoms with Crippen molar-refractivity contribution in [1.82, 2.24) is 4.98 Å². The Hall–Kier alpha value is -3.95. The number of aromatic nitrogens is 1. The van der Waals surface area contributed by atoms with Crippen LogP contribution in [0.5, 0.6) is 0 Å². The zero-order valence-electron chi connectivity index (χ0n) is 20.3. The van der Waals surface area contributed by atoms with Crippen LogP contribution in [0.3, 0.4) is 0 Å². The van der Waals surface area contributed by atoms with Crippen molar-refractivity contribution in [3.05, 3.63) is 108 Å². The zero-order chi connectivity index (χ0) is 27.3. The summed E-state index contributed by atoms with van der Waals surface area (Å²) in [4.78, 5) is 5.64. The minimum Gasteiger partial charge on any atom is -0.405 e. The van der Waals surface area contributed by atoms with Gasteiger partial charge in [-0.05, 0) is 83.4 Å². The molecule has 4 nitrogen and oxygen atoms in total. The molecule has 0 aliphatic heterocycles. The molecule has 0 saturated carbocycles. The molecule has 0 fully saturated rings. The Kier molecular flexibility index (Phi) is 8.29. The quantitative estimate of drug-likeness (QED) is 0.197. The van der Waals surface area contributed by atoms with E-state index >= 15 is 0 Å². The molecule has 4 rings (SSSR count). The van der Waals surface area contributed by atoms with Crippen molar-refractivity contribution in [2.24, 2.45) is 11.5 Å². The second-order valence-electron chi connectivity index (χ2n) is 8.65. The fourth-order valence-corrected chi connectivity index (χ4v) is 4.96. The topological polar surface area (TPSA) is 77.0 Å². The van der Waals surface area contributed by atoms with Crippen LogP contribution in [-0.2, 0) is 12.6 Å². The van der Waals surface area contributed by atoms with Crippen molar-refractivity contribution in [1.29, 1.82) is 0 Å². The first-order chi connectivity index (χ1) is 18.2. The Morgan fingerprint density at radius 2 is 1.66 bits per heavy atom. The first-order valence-electron chi connectivity index (χ1n) is 11.8. The summed E-state index contributed by atoms with van der Waals surface area (Å²) in [6, 6.07) is 16.7. The highest BCUT2D eigenvalue weighted by molar-refractivity contribution is 7.19. The van der Waals surface area contributed by atoms with Crippen molar-refractivity contribution in [2.45, 2.75) is 18.6 Å². The second-order valence-corrected chi connectivity index (χ2v) is 9.65. The standard InChI is InChI=1S/C29H26F4N4S/c1-2-19-5-6-22(16-21(19)13-14-34)27-26(20-7-11-24(30)12-8-20)37-28(38-27)36-17-25(35)15-18-3-9-23(10-4-18)29(31,32)33/h2-14,16,25H,1,15,17,34-35H2,(H,36,37)/b14-13-/t25-/m0/s1. The maximum Gasteiger partial charge on any atom is 0.416 e. The Morgan fingerprint density at radius 3 is 2.29 bits per heavy atom. The predicted molar refractivity (Wildman–Crippen MR) is 148 cm³/mol. The molecule has 0 radical (unpaired) electrons. The number of nitrogens with one attached hydrogen (secondary N) is 1. The summed E-state index contributed by atoms with van der Waals surface area (Å²) in [6.07, 6.45) is 1.02. The third-order valence-corrected chi connectivity index (χ3v) is 6.95. The molecule has 3 aromatic carbocycles. The van der Waals surface area contributed by atoms with E-state index in [0.29, 0.717) is 29.4 Å². The van der Waals surface area contributed by atoms with Gasteiger partial charge in [0.05, 0.1) is 16.1 Å². The highest BCUT2D eigenvalue weighted by atomic mass is 32.1. The number of anilines is 1.